The molecule has 0 radical (unpaired) electrons. The van der Waals surface area contributed by atoms with Gasteiger partial charge in [-0.05, 0) is 61.2 Å². The van der Waals surface area contributed by atoms with Crippen molar-refractivity contribution in [3.8, 4) is 5.75 Å². The first kappa shape index (κ1) is 21.5. The van der Waals surface area contributed by atoms with Crippen LogP contribution >= 0.6 is 0 Å². The van der Waals surface area contributed by atoms with Gasteiger partial charge in [0.15, 0.2) is 11.6 Å². The highest BCUT2D eigenvalue weighted by Crippen LogP contribution is 2.26. The SMILES string of the molecule is COc1ccc(S(=O)(=O)Nc2ccc(S(=O)(=O)N3CCC(C)CC3)cc2)cc1F. The lowest BCUT2D eigenvalue weighted by Crippen LogP contribution is -2.37. The van der Waals surface area contributed by atoms with E-state index in [1.54, 1.807) is 0 Å². The maximum absolute atomic E-state index is 13.8. The van der Waals surface area contributed by atoms with Crippen LogP contribution in [0.25, 0.3) is 0 Å². The number of piperidine rings is 1. The number of nitrogens with one attached hydrogen (secondary N) is 1. The lowest BCUT2D eigenvalue weighted by atomic mass is 10.0. The van der Waals surface area contributed by atoms with E-state index in [0.717, 1.165) is 18.9 Å². The average molecular weight is 443 g/mol. The standard InChI is InChI=1S/C19H23FN2O5S2/c1-14-9-11-22(12-10-14)29(25,26)16-5-3-15(4-6-16)21-28(23,24)17-7-8-19(27-2)18(20)13-17/h3-8,13-14,21H,9-12H2,1-2H3. The number of rotatable bonds is 6. The summed E-state index contributed by atoms with van der Waals surface area (Å²) < 4.78 is 72.8. The summed E-state index contributed by atoms with van der Waals surface area (Å²) in [6.45, 7) is 3.04. The van der Waals surface area contributed by atoms with E-state index in [-0.39, 0.29) is 21.2 Å². The number of benzene rings is 2. The number of hydrogen-bond acceptors (Lipinski definition) is 5. The van der Waals surface area contributed by atoms with Gasteiger partial charge >= 0.3 is 0 Å². The lowest BCUT2D eigenvalue weighted by molar-refractivity contribution is 0.288. The minimum atomic E-state index is -4.04. The second-order valence-electron chi connectivity index (χ2n) is 7.01. The lowest BCUT2D eigenvalue weighted by Gasteiger charge is -2.29. The average Bonchev–Trinajstić information content (AvgIpc) is 2.68. The Morgan fingerprint density at radius 1 is 1.00 bits per heavy atom. The normalized spacial score (nSPS) is 16.5. The van der Waals surface area contributed by atoms with Crippen molar-refractivity contribution in [1.82, 2.24) is 4.31 Å². The molecule has 0 unspecified atom stereocenters. The Hall–Kier alpha value is -2.17. The summed E-state index contributed by atoms with van der Waals surface area (Å²) in [6, 6.07) is 8.77. The van der Waals surface area contributed by atoms with E-state index >= 15 is 0 Å². The molecule has 0 amide bonds. The number of ether oxygens (including phenoxy) is 1. The molecule has 0 aromatic heterocycles. The van der Waals surface area contributed by atoms with Crippen LogP contribution in [0.5, 0.6) is 5.75 Å². The third-order valence-electron chi connectivity index (χ3n) is 4.92. The van der Waals surface area contributed by atoms with Crippen LogP contribution in [0.15, 0.2) is 52.3 Å². The number of halogens is 1. The molecule has 1 N–H and O–H groups in total. The molecule has 0 aliphatic carbocycles. The van der Waals surface area contributed by atoms with E-state index in [1.165, 1.54) is 47.8 Å². The molecule has 158 valence electrons. The molecule has 10 heteroatoms. The molecule has 2 aromatic carbocycles. The monoisotopic (exact) mass is 442 g/mol. The van der Waals surface area contributed by atoms with E-state index < -0.39 is 25.9 Å². The van der Waals surface area contributed by atoms with E-state index in [1.807, 2.05) is 0 Å². The predicted molar refractivity (Wildman–Crippen MR) is 107 cm³/mol. The minimum Gasteiger partial charge on any atom is -0.494 e. The Morgan fingerprint density at radius 2 is 1.59 bits per heavy atom. The van der Waals surface area contributed by atoms with Crippen LogP contribution in [0.3, 0.4) is 0 Å². The van der Waals surface area contributed by atoms with Crippen molar-refractivity contribution in [2.75, 3.05) is 24.9 Å². The van der Waals surface area contributed by atoms with Gasteiger partial charge in [-0.1, -0.05) is 6.92 Å². The van der Waals surface area contributed by atoms with Gasteiger partial charge in [0, 0.05) is 18.8 Å². The molecule has 0 atom stereocenters. The first-order valence-electron chi connectivity index (χ1n) is 9.10. The second kappa shape index (κ2) is 8.29. The molecular formula is C19H23FN2O5S2. The highest BCUT2D eigenvalue weighted by molar-refractivity contribution is 7.92. The van der Waals surface area contributed by atoms with E-state index in [4.69, 9.17) is 4.74 Å². The van der Waals surface area contributed by atoms with E-state index in [9.17, 15) is 21.2 Å². The van der Waals surface area contributed by atoms with Crippen LogP contribution < -0.4 is 9.46 Å². The van der Waals surface area contributed by atoms with E-state index in [2.05, 4.69) is 11.6 Å². The first-order valence-corrected chi connectivity index (χ1v) is 12.0. The summed E-state index contributed by atoms with van der Waals surface area (Å²) in [7, 11) is -6.38. The number of nitrogens with zero attached hydrogens (tertiary/aromatic N) is 1. The smallest absolute Gasteiger partial charge is 0.262 e. The Labute approximate surface area is 170 Å². The molecule has 1 aliphatic heterocycles. The van der Waals surface area contributed by atoms with Crippen molar-refractivity contribution in [2.45, 2.75) is 29.6 Å². The molecule has 1 heterocycles. The predicted octanol–water partition coefficient (Wildman–Crippen LogP) is 3.06. The maximum Gasteiger partial charge on any atom is 0.262 e. The summed E-state index contributed by atoms with van der Waals surface area (Å²) in [5, 5.41) is 0. The van der Waals surface area contributed by atoms with Crippen molar-refractivity contribution < 1.29 is 26.0 Å². The van der Waals surface area contributed by atoms with Gasteiger partial charge in [-0.25, -0.2) is 21.2 Å². The quantitative estimate of drug-likeness (QED) is 0.742. The van der Waals surface area contributed by atoms with Gasteiger partial charge in [0.2, 0.25) is 10.0 Å². The Kier molecular flexibility index (Phi) is 6.16. The van der Waals surface area contributed by atoms with Gasteiger partial charge in [-0.2, -0.15) is 4.31 Å². The molecule has 2 aromatic rings. The molecule has 7 nitrogen and oxygen atoms in total. The molecule has 1 aliphatic rings. The summed E-state index contributed by atoms with van der Waals surface area (Å²) in [4.78, 5) is -0.166. The largest absolute Gasteiger partial charge is 0.494 e. The molecule has 3 rings (SSSR count). The fourth-order valence-electron chi connectivity index (χ4n) is 3.10. The van der Waals surface area contributed by atoms with Gasteiger partial charge in [0.05, 0.1) is 16.9 Å². The van der Waals surface area contributed by atoms with Gasteiger partial charge in [-0.15, -0.1) is 0 Å². The van der Waals surface area contributed by atoms with Crippen molar-refractivity contribution in [2.24, 2.45) is 5.92 Å². The van der Waals surface area contributed by atoms with Gasteiger partial charge in [-0.3, -0.25) is 4.72 Å². The van der Waals surface area contributed by atoms with Crippen molar-refractivity contribution in [1.29, 1.82) is 0 Å². The molecule has 0 spiro atoms. The number of methoxy groups -OCH3 is 1. The topological polar surface area (TPSA) is 92.8 Å². The van der Waals surface area contributed by atoms with Crippen molar-refractivity contribution in [3.05, 3.63) is 48.3 Å². The zero-order valence-corrected chi connectivity index (χ0v) is 17.8. The van der Waals surface area contributed by atoms with Crippen LogP contribution in [0.4, 0.5) is 10.1 Å². The van der Waals surface area contributed by atoms with Gasteiger partial charge in [0.1, 0.15) is 0 Å². The zero-order valence-electron chi connectivity index (χ0n) is 16.1. The van der Waals surface area contributed by atoms with Gasteiger partial charge < -0.3 is 4.74 Å². The molecule has 1 saturated heterocycles. The number of hydrogen-bond donors (Lipinski definition) is 1. The van der Waals surface area contributed by atoms with Crippen molar-refractivity contribution >= 4 is 25.7 Å². The van der Waals surface area contributed by atoms with Crippen LogP contribution in [0.2, 0.25) is 0 Å². The van der Waals surface area contributed by atoms with Crippen LogP contribution in [-0.2, 0) is 20.0 Å². The third-order valence-corrected chi connectivity index (χ3v) is 8.21. The van der Waals surface area contributed by atoms with Crippen LogP contribution in [0.1, 0.15) is 19.8 Å². The number of anilines is 1. The maximum atomic E-state index is 13.8. The van der Waals surface area contributed by atoms with E-state index in [0.29, 0.717) is 19.0 Å². The molecule has 0 saturated carbocycles. The summed E-state index contributed by atoms with van der Waals surface area (Å²) in [5.74, 6) is -0.362. The highest BCUT2D eigenvalue weighted by atomic mass is 32.2. The summed E-state index contributed by atoms with van der Waals surface area (Å²) >= 11 is 0. The van der Waals surface area contributed by atoms with Crippen LogP contribution in [0, 0.1) is 11.7 Å². The van der Waals surface area contributed by atoms with Crippen LogP contribution in [-0.4, -0.2) is 41.3 Å². The Morgan fingerprint density at radius 3 is 2.14 bits per heavy atom. The Bertz CT molecular complexity index is 1080. The summed E-state index contributed by atoms with van der Waals surface area (Å²) in [6.07, 6.45) is 1.63. The zero-order chi connectivity index (χ0) is 21.2. The minimum absolute atomic E-state index is 0.0642. The van der Waals surface area contributed by atoms with Gasteiger partial charge in [0.25, 0.3) is 10.0 Å². The Balaban J connectivity index is 1.77. The highest BCUT2D eigenvalue weighted by Gasteiger charge is 2.28. The fourth-order valence-corrected chi connectivity index (χ4v) is 5.64. The van der Waals surface area contributed by atoms with Crippen molar-refractivity contribution in [3.63, 3.8) is 0 Å². The third kappa shape index (κ3) is 4.71. The first-order chi connectivity index (χ1) is 13.6. The summed E-state index contributed by atoms with van der Waals surface area (Å²) in [5.41, 5.74) is 0.174. The molecule has 1 fully saturated rings. The fraction of sp³-hybridized carbons (Fsp3) is 0.368. The second-order valence-corrected chi connectivity index (χ2v) is 10.6. The molecule has 0 bridgehead atoms. The molecular weight excluding hydrogens is 419 g/mol. The molecule has 29 heavy (non-hydrogen) atoms. The number of sulfonamides is 2.